The summed E-state index contributed by atoms with van der Waals surface area (Å²) in [6, 6.07) is 0. The Morgan fingerprint density at radius 1 is 1.67 bits per heavy atom. The number of aryl methyl sites for hydroxylation is 1. The highest BCUT2D eigenvalue weighted by Gasteiger charge is 1.97. The van der Waals surface area contributed by atoms with Crippen LogP contribution < -0.4 is 5.62 Å². The van der Waals surface area contributed by atoms with E-state index in [1.54, 1.807) is 0 Å². The fourth-order valence-electron chi connectivity index (χ4n) is 0.792. The molecule has 1 aromatic rings. The minimum Gasteiger partial charge on any atom is -0.285 e. The molecule has 0 aromatic carbocycles. The lowest BCUT2D eigenvalue weighted by molar-refractivity contribution is -0.491. The predicted octanol–water partition coefficient (Wildman–Crippen LogP) is -0.217. The van der Waals surface area contributed by atoms with Gasteiger partial charge in [0.15, 0.2) is 5.03 Å². The number of aromatic nitrogens is 3. The molecular formula is C5H9N5O2. The molecule has 0 fully saturated rings. The van der Waals surface area contributed by atoms with Gasteiger partial charge in [-0.2, -0.15) is 4.98 Å². The van der Waals surface area contributed by atoms with Crippen molar-refractivity contribution >= 4 is 0 Å². The van der Waals surface area contributed by atoms with E-state index >= 15 is 0 Å². The molecule has 7 heteroatoms. The van der Waals surface area contributed by atoms with Crippen molar-refractivity contribution in [2.24, 2.45) is 5.10 Å². The lowest BCUT2D eigenvalue weighted by atomic mass is 10.3. The zero-order valence-electron chi connectivity index (χ0n) is 6.57. The summed E-state index contributed by atoms with van der Waals surface area (Å²) in [4.78, 5) is 13.7. The minimum atomic E-state index is -0.789. The Kier molecular flexibility index (Phi) is 2.57. The first kappa shape index (κ1) is 8.44. The maximum atomic E-state index is 9.90. The maximum absolute atomic E-state index is 9.90. The molecule has 0 saturated heterocycles. The molecular weight excluding hydrogens is 162 g/mol. The van der Waals surface area contributed by atoms with Gasteiger partial charge in [-0.05, 0) is 6.42 Å². The van der Waals surface area contributed by atoms with Gasteiger partial charge in [0.2, 0.25) is 0 Å². The summed E-state index contributed by atoms with van der Waals surface area (Å²) in [5.74, 6) is 0.679. The van der Waals surface area contributed by atoms with Crippen molar-refractivity contribution in [2.75, 3.05) is 0 Å². The lowest BCUT2D eigenvalue weighted by Crippen LogP contribution is -2.09. The molecule has 2 N–H and O–H groups in total. The van der Waals surface area contributed by atoms with Gasteiger partial charge < -0.3 is 0 Å². The lowest BCUT2D eigenvalue weighted by Gasteiger charge is -1.84. The molecule has 0 unspecified atom stereocenters. The Balaban J connectivity index is 2.83. The normalized spacial score (nSPS) is 11.9. The molecule has 0 bridgehead atoms. The number of hydrogen-bond acceptors (Lipinski definition) is 3. The second-order valence-corrected chi connectivity index (χ2v) is 2.22. The summed E-state index contributed by atoms with van der Waals surface area (Å²) >= 11 is 0. The largest absolute Gasteiger partial charge is 0.315 e. The number of hydrogen-bond donors (Lipinski definition) is 2. The van der Waals surface area contributed by atoms with Crippen LogP contribution in [0.5, 0.6) is 0 Å². The van der Waals surface area contributed by atoms with Crippen LogP contribution in [0.15, 0.2) is 5.10 Å². The van der Waals surface area contributed by atoms with Crippen molar-refractivity contribution in [3.63, 3.8) is 0 Å². The smallest absolute Gasteiger partial charge is 0.285 e. The second kappa shape index (κ2) is 3.65. The zero-order valence-corrected chi connectivity index (χ0v) is 6.57. The van der Waals surface area contributed by atoms with Crippen LogP contribution in [0, 0.1) is 10.1 Å². The van der Waals surface area contributed by atoms with E-state index in [0.29, 0.717) is 5.82 Å². The first-order valence-electron chi connectivity index (χ1n) is 3.55. The molecule has 0 saturated carbocycles. The number of aromatic amines is 2. The topological polar surface area (TPSA) is 100.0 Å². The van der Waals surface area contributed by atoms with Gasteiger partial charge in [0.25, 0.3) is 0 Å². The van der Waals surface area contributed by atoms with Crippen LogP contribution in [0.2, 0.25) is 0 Å². The fraction of sp³-hybridized carbons (Fsp3) is 0.600. The third kappa shape index (κ3) is 2.19. The average molecular weight is 171 g/mol. The van der Waals surface area contributed by atoms with Crippen LogP contribution in [0.1, 0.15) is 19.2 Å². The molecule has 0 aliphatic heterocycles. The quantitative estimate of drug-likeness (QED) is 0.485. The molecule has 1 rings (SSSR count). The van der Waals surface area contributed by atoms with Crippen molar-refractivity contribution in [3.05, 3.63) is 21.6 Å². The average Bonchev–Trinajstić information content (AvgIpc) is 2.36. The molecule has 1 heterocycles. The molecule has 0 aliphatic rings. The number of nitrogens with one attached hydrogen (secondary N) is 2. The molecule has 0 amide bonds. The van der Waals surface area contributed by atoms with Crippen LogP contribution >= 0.6 is 0 Å². The fourth-order valence-corrected chi connectivity index (χ4v) is 0.792. The van der Waals surface area contributed by atoms with Gasteiger partial charge in [0.05, 0.1) is 0 Å². The molecule has 0 radical (unpaired) electrons. The van der Waals surface area contributed by atoms with Gasteiger partial charge in [-0.1, -0.05) is 6.92 Å². The Labute approximate surface area is 67.7 Å². The van der Waals surface area contributed by atoms with Gasteiger partial charge in [0, 0.05) is 6.42 Å². The predicted molar refractivity (Wildman–Crippen MR) is 39.5 cm³/mol. The van der Waals surface area contributed by atoms with Crippen LogP contribution in [0.25, 0.3) is 0 Å². The van der Waals surface area contributed by atoms with E-state index in [2.05, 4.69) is 20.3 Å². The van der Waals surface area contributed by atoms with Crippen LogP contribution in [0.4, 0.5) is 0 Å². The molecule has 12 heavy (non-hydrogen) atoms. The number of H-pyrrole nitrogens is 2. The Morgan fingerprint density at radius 2 is 2.42 bits per heavy atom. The first-order chi connectivity index (χ1) is 5.72. The summed E-state index contributed by atoms with van der Waals surface area (Å²) in [6.07, 6.45) is 1.68. The third-order valence-electron chi connectivity index (χ3n) is 1.22. The molecule has 0 aliphatic carbocycles. The number of nitrogens with zero attached hydrogens (tertiary/aromatic N) is 3. The standard InChI is InChI=1S/C5H9N5O2/c1-2-3-4-6-5(8-7-4)9-10(11)12/h2-3H2,1H3,(H2,6,7,8,9). The van der Waals surface area contributed by atoms with Gasteiger partial charge in [-0.25, -0.2) is 10.1 Å². The van der Waals surface area contributed by atoms with Crippen LogP contribution in [-0.4, -0.2) is 20.2 Å². The molecule has 7 nitrogen and oxygen atoms in total. The van der Waals surface area contributed by atoms with Gasteiger partial charge in [-0.3, -0.25) is 10.2 Å². The van der Waals surface area contributed by atoms with E-state index in [4.69, 9.17) is 0 Å². The highest BCUT2D eigenvalue weighted by atomic mass is 16.7. The first-order valence-corrected chi connectivity index (χ1v) is 3.55. The van der Waals surface area contributed by atoms with E-state index in [-0.39, 0.29) is 5.62 Å². The van der Waals surface area contributed by atoms with E-state index < -0.39 is 5.03 Å². The van der Waals surface area contributed by atoms with Crippen molar-refractivity contribution in [3.8, 4) is 0 Å². The highest BCUT2D eigenvalue weighted by molar-refractivity contribution is 4.78. The van der Waals surface area contributed by atoms with E-state index in [1.165, 1.54) is 0 Å². The minimum absolute atomic E-state index is 0.00319. The second-order valence-electron chi connectivity index (χ2n) is 2.22. The van der Waals surface area contributed by atoms with Crippen molar-refractivity contribution in [1.29, 1.82) is 0 Å². The molecule has 66 valence electrons. The number of rotatable bonds is 3. The Bertz CT molecular complexity index is 325. The van der Waals surface area contributed by atoms with Crippen molar-refractivity contribution in [1.82, 2.24) is 15.2 Å². The monoisotopic (exact) mass is 171 g/mol. The maximum Gasteiger partial charge on any atom is 0.315 e. The highest BCUT2D eigenvalue weighted by Crippen LogP contribution is 1.88. The summed E-state index contributed by atoms with van der Waals surface area (Å²) < 4.78 is 0. The van der Waals surface area contributed by atoms with Gasteiger partial charge >= 0.3 is 5.62 Å². The Hall–Kier alpha value is -1.66. The van der Waals surface area contributed by atoms with Crippen LogP contribution in [0.3, 0.4) is 0 Å². The molecule has 1 aromatic heterocycles. The SMILES string of the molecule is CCCc1n/c(=N\[N+](=O)[O-])[nH][nH]1. The van der Waals surface area contributed by atoms with Gasteiger partial charge in [-0.15, -0.1) is 0 Å². The zero-order chi connectivity index (χ0) is 8.97. The van der Waals surface area contributed by atoms with Crippen molar-refractivity contribution < 1.29 is 5.03 Å². The summed E-state index contributed by atoms with van der Waals surface area (Å²) in [7, 11) is 0. The van der Waals surface area contributed by atoms with Crippen LogP contribution in [-0.2, 0) is 6.42 Å². The third-order valence-corrected chi connectivity index (χ3v) is 1.22. The summed E-state index contributed by atoms with van der Waals surface area (Å²) in [5, 5.41) is 17.3. The van der Waals surface area contributed by atoms with E-state index in [1.807, 2.05) is 6.92 Å². The van der Waals surface area contributed by atoms with E-state index in [9.17, 15) is 10.1 Å². The summed E-state index contributed by atoms with van der Waals surface area (Å²) in [5.41, 5.74) is 0.00319. The van der Waals surface area contributed by atoms with E-state index in [0.717, 1.165) is 12.8 Å². The summed E-state index contributed by atoms with van der Waals surface area (Å²) in [6.45, 7) is 1.99. The molecule has 0 spiro atoms. The Morgan fingerprint density at radius 3 is 3.00 bits per heavy atom. The number of nitro groups is 1. The molecule has 0 atom stereocenters. The van der Waals surface area contributed by atoms with Crippen molar-refractivity contribution in [2.45, 2.75) is 19.8 Å². The van der Waals surface area contributed by atoms with Gasteiger partial charge in [0.1, 0.15) is 10.9 Å².